The Hall–Kier alpha value is -4.92. The molecule has 1 aliphatic heterocycles. The molecule has 0 atom stereocenters. The summed E-state index contributed by atoms with van der Waals surface area (Å²) in [5.74, 6) is 1.75. The fraction of sp³-hybridized carbons (Fsp3) is 0.0400. The molecule has 0 unspecified atom stereocenters. The van der Waals surface area contributed by atoms with E-state index >= 15 is 0 Å². The molecule has 0 saturated heterocycles. The molecule has 1 nitrogen and oxygen atoms in total. The molecule has 272 valence electrons. The summed E-state index contributed by atoms with van der Waals surface area (Å²) in [4.78, 5) is 0. The molecule has 0 saturated carbocycles. The zero-order chi connectivity index (χ0) is 38.3. The third-order valence-corrected chi connectivity index (χ3v) is 25.8. The topological polar surface area (TPSA) is 9.23 Å². The minimum Gasteiger partial charge on any atom is -0.456 e. The van der Waals surface area contributed by atoms with Gasteiger partial charge in [-0.3, -0.25) is 0 Å². The summed E-state index contributed by atoms with van der Waals surface area (Å²) in [5.41, 5.74) is 2.45. The highest BCUT2D eigenvalue weighted by Crippen LogP contribution is 2.50. The molecule has 8 aromatic rings. The molecule has 8 aromatic carbocycles. The van der Waals surface area contributed by atoms with Gasteiger partial charge in [-0.25, -0.2) is 0 Å². The fourth-order valence-electron chi connectivity index (χ4n) is 8.40. The number of fused-ring (bicyclic) bond motifs is 2. The molecule has 0 bridgehead atoms. The molecular formula is C50H40OP2S2Si. The van der Waals surface area contributed by atoms with Gasteiger partial charge in [0.25, 0.3) is 0 Å². The summed E-state index contributed by atoms with van der Waals surface area (Å²) in [6.07, 6.45) is 0. The number of benzene rings is 8. The van der Waals surface area contributed by atoms with Gasteiger partial charge in [0, 0.05) is 22.7 Å². The van der Waals surface area contributed by atoms with Crippen molar-refractivity contribution in [2.24, 2.45) is 0 Å². The van der Waals surface area contributed by atoms with Crippen molar-refractivity contribution < 1.29 is 4.74 Å². The Morgan fingerprint density at radius 2 is 0.661 bits per heavy atom. The van der Waals surface area contributed by atoms with Crippen LogP contribution in [-0.4, -0.2) is 8.07 Å². The normalized spacial score (nSPS) is 13.2. The summed E-state index contributed by atoms with van der Waals surface area (Å²) in [6, 6.07) is 69.4. The van der Waals surface area contributed by atoms with E-state index in [4.69, 9.17) is 28.4 Å². The fourth-order valence-corrected chi connectivity index (χ4v) is 21.5. The molecule has 0 spiro atoms. The SMILES string of the molecule is Cc1ccc([Si]2(c3ccc(C)cc3)c3cccc(P(=S)(c4ccccc4)c4ccccc4)c3Oc3c2cccc3P(=S)(c2ccccc2)c2ccccc2)cc1. The third kappa shape index (κ3) is 5.86. The second-order valence-electron chi connectivity index (χ2n) is 14.5. The number of rotatable bonds is 8. The summed E-state index contributed by atoms with van der Waals surface area (Å²) in [7, 11) is -3.13. The van der Waals surface area contributed by atoms with E-state index in [1.54, 1.807) is 0 Å². The molecular weight excluding hydrogens is 771 g/mol. The van der Waals surface area contributed by atoms with Crippen LogP contribution in [0.15, 0.2) is 206 Å². The Morgan fingerprint density at radius 3 is 0.964 bits per heavy atom. The highest BCUT2D eigenvalue weighted by atomic mass is 32.4. The van der Waals surface area contributed by atoms with Crippen LogP contribution in [0.1, 0.15) is 11.1 Å². The number of hydrogen-bond acceptors (Lipinski definition) is 3. The van der Waals surface area contributed by atoms with Crippen LogP contribution in [0.3, 0.4) is 0 Å². The van der Waals surface area contributed by atoms with E-state index in [1.807, 2.05) is 0 Å². The van der Waals surface area contributed by atoms with E-state index in [-0.39, 0.29) is 0 Å². The Balaban J connectivity index is 1.46. The predicted octanol–water partition coefficient (Wildman–Crippen LogP) is 7.30. The van der Waals surface area contributed by atoms with Crippen molar-refractivity contribution in [3.8, 4) is 11.5 Å². The second kappa shape index (κ2) is 14.9. The number of hydrogen-bond donors (Lipinski definition) is 0. The van der Waals surface area contributed by atoms with Gasteiger partial charge in [-0.15, -0.1) is 0 Å². The van der Waals surface area contributed by atoms with Gasteiger partial charge >= 0.3 is 0 Å². The van der Waals surface area contributed by atoms with E-state index in [9.17, 15) is 0 Å². The van der Waals surface area contributed by atoms with Crippen LogP contribution < -0.4 is 57.3 Å². The number of para-hydroxylation sites is 2. The Labute approximate surface area is 341 Å². The zero-order valence-electron chi connectivity index (χ0n) is 31.2. The molecule has 0 radical (unpaired) electrons. The maximum absolute atomic E-state index is 7.72. The van der Waals surface area contributed by atoms with Crippen LogP contribution in [0.25, 0.3) is 0 Å². The van der Waals surface area contributed by atoms with E-state index in [0.717, 1.165) is 43.3 Å². The van der Waals surface area contributed by atoms with Crippen LogP contribution in [0, 0.1) is 13.8 Å². The lowest BCUT2D eigenvalue weighted by atomic mass is 10.2. The van der Waals surface area contributed by atoms with E-state index < -0.39 is 20.1 Å². The lowest BCUT2D eigenvalue weighted by Gasteiger charge is -2.42. The molecule has 1 aliphatic rings. The molecule has 9 rings (SSSR count). The van der Waals surface area contributed by atoms with E-state index in [1.165, 1.54) is 31.9 Å². The average Bonchev–Trinajstić information content (AvgIpc) is 3.26. The largest absolute Gasteiger partial charge is 0.456 e. The second-order valence-corrected chi connectivity index (χ2v) is 26.9. The molecule has 0 fully saturated rings. The van der Waals surface area contributed by atoms with Crippen molar-refractivity contribution in [2.45, 2.75) is 13.8 Å². The first kappa shape index (κ1) is 36.7. The lowest BCUT2D eigenvalue weighted by molar-refractivity contribution is 0.495. The molecule has 0 amide bonds. The first-order valence-electron chi connectivity index (χ1n) is 18.9. The van der Waals surface area contributed by atoms with Crippen molar-refractivity contribution in [1.82, 2.24) is 0 Å². The van der Waals surface area contributed by atoms with Crippen molar-refractivity contribution in [2.75, 3.05) is 0 Å². The molecule has 0 N–H and O–H groups in total. The first-order valence-corrected chi connectivity index (χ1v) is 26.5. The van der Waals surface area contributed by atoms with Gasteiger partial charge in [-0.1, -0.05) is 229 Å². The van der Waals surface area contributed by atoms with Crippen LogP contribution >= 0.6 is 12.1 Å². The first-order chi connectivity index (χ1) is 27.4. The van der Waals surface area contributed by atoms with Crippen LogP contribution in [0.4, 0.5) is 0 Å². The monoisotopic (exact) mass is 810 g/mol. The quantitative estimate of drug-likeness (QED) is 0.118. The van der Waals surface area contributed by atoms with Crippen LogP contribution in [0.5, 0.6) is 11.5 Å². The van der Waals surface area contributed by atoms with Crippen molar-refractivity contribution >= 4 is 96.3 Å². The van der Waals surface area contributed by atoms with Gasteiger partial charge in [-0.05, 0) is 67.9 Å². The molecule has 1 heterocycles. The summed E-state index contributed by atoms with van der Waals surface area (Å²) in [6.45, 7) is 4.33. The van der Waals surface area contributed by atoms with Gasteiger partial charge in [0.05, 0.1) is 0 Å². The van der Waals surface area contributed by atoms with Crippen LogP contribution in [0.2, 0.25) is 0 Å². The Morgan fingerprint density at radius 1 is 0.357 bits per heavy atom. The zero-order valence-corrected chi connectivity index (χ0v) is 35.7. The van der Waals surface area contributed by atoms with Gasteiger partial charge in [0.2, 0.25) is 0 Å². The maximum atomic E-state index is 7.72. The summed E-state index contributed by atoms with van der Waals surface area (Å²) in [5, 5.41) is 11.7. The minimum atomic E-state index is -3.13. The van der Waals surface area contributed by atoms with E-state index in [0.29, 0.717) is 0 Å². The van der Waals surface area contributed by atoms with E-state index in [2.05, 4.69) is 220 Å². The Bertz CT molecular complexity index is 2490. The van der Waals surface area contributed by atoms with Gasteiger partial charge in [0.1, 0.15) is 11.5 Å². The summed E-state index contributed by atoms with van der Waals surface area (Å²) < 4.78 is 7.72. The van der Waals surface area contributed by atoms with Gasteiger partial charge in [0.15, 0.2) is 8.07 Å². The molecule has 6 heteroatoms. The predicted molar refractivity (Wildman–Crippen MR) is 252 cm³/mol. The van der Waals surface area contributed by atoms with Crippen molar-refractivity contribution in [3.05, 3.63) is 217 Å². The smallest absolute Gasteiger partial charge is 0.188 e. The minimum absolute atomic E-state index is 0.874. The van der Waals surface area contributed by atoms with Gasteiger partial charge in [-0.2, -0.15) is 0 Å². The molecule has 0 aromatic heterocycles. The highest BCUT2D eigenvalue weighted by Gasteiger charge is 2.51. The third-order valence-electron chi connectivity index (χ3n) is 11.1. The van der Waals surface area contributed by atoms with Crippen molar-refractivity contribution in [3.63, 3.8) is 0 Å². The lowest BCUT2D eigenvalue weighted by Crippen LogP contribution is -2.77. The number of aryl methyl sites for hydroxylation is 2. The average molecular weight is 811 g/mol. The summed E-state index contributed by atoms with van der Waals surface area (Å²) >= 11 is 14.2. The van der Waals surface area contributed by atoms with Crippen LogP contribution in [-0.2, 0) is 23.6 Å². The maximum Gasteiger partial charge on any atom is 0.188 e. The number of ether oxygens (including phenoxy) is 1. The molecule has 56 heavy (non-hydrogen) atoms. The highest BCUT2D eigenvalue weighted by molar-refractivity contribution is 8.26. The Kier molecular flexibility index (Phi) is 9.74. The molecule has 0 aliphatic carbocycles. The standard InChI is InChI=1S/C50H40OP2S2Si/c1-37-29-33-43(34-30-37)56(44-35-31-38(2)32-36-44)47-27-15-25-45(52(54,39-17-7-3-8-18-39)40-19-9-4-10-20-40)49(47)51-50-46(26-16-28-48(50)56)53(55,41-21-11-5-12-22-41)42-23-13-6-14-24-42/h3-36H,1-2H3. The van der Waals surface area contributed by atoms with Gasteiger partial charge < -0.3 is 4.74 Å². The van der Waals surface area contributed by atoms with Crippen molar-refractivity contribution in [1.29, 1.82) is 0 Å².